The zero-order valence-corrected chi connectivity index (χ0v) is 11.4. The summed E-state index contributed by atoms with van der Waals surface area (Å²) >= 11 is 1.53. The summed E-state index contributed by atoms with van der Waals surface area (Å²) in [6, 6.07) is 1.95. The molecule has 2 rings (SSSR count). The van der Waals surface area contributed by atoms with E-state index < -0.39 is 0 Å². The van der Waals surface area contributed by atoms with Gasteiger partial charge in [-0.05, 0) is 23.8 Å². The van der Waals surface area contributed by atoms with Crippen molar-refractivity contribution in [3.63, 3.8) is 0 Å². The van der Waals surface area contributed by atoms with Gasteiger partial charge in [0.05, 0.1) is 18.0 Å². The van der Waals surface area contributed by atoms with Crippen molar-refractivity contribution in [2.24, 2.45) is 5.92 Å². The van der Waals surface area contributed by atoms with Gasteiger partial charge >= 0.3 is 0 Å². The topological polar surface area (TPSA) is 84.1 Å². The second-order valence-corrected chi connectivity index (χ2v) is 5.62. The largest absolute Gasteiger partial charge is 0.394 e. The molecule has 5 nitrogen and oxygen atoms in total. The number of aromatic nitrogens is 2. The summed E-state index contributed by atoms with van der Waals surface area (Å²) in [4.78, 5) is 9.26. The number of thiophene rings is 1. The van der Waals surface area contributed by atoms with Crippen LogP contribution < -0.4 is 11.1 Å². The zero-order chi connectivity index (χ0) is 13.1. The van der Waals surface area contributed by atoms with Crippen molar-refractivity contribution in [2.45, 2.75) is 26.3 Å². The van der Waals surface area contributed by atoms with Crippen LogP contribution >= 0.6 is 11.3 Å². The van der Waals surface area contributed by atoms with Crippen LogP contribution in [0.25, 0.3) is 10.2 Å². The molecule has 0 bridgehead atoms. The number of hydrogen-bond acceptors (Lipinski definition) is 6. The van der Waals surface area contributed by atoms with Gasteiger partial charge < -0.3 is 16.2 Å². The number of nitrogen functional groups attached to an aromatic ring is 1. The second-order valence-electron chi connectivity index (χ2n) is 4.72. The van der Waals surface area contributed by atoms with Crippen LogP contribution in [-0.4, -0.2) is 27.7 Å². The van der Waals surface area contributed by atoms with E-state index in [1.807, 2.05) is 11.4 Å². The third-order valence-electron chi connectivity index (χ3n) is 2.66. The van der Waals surface area contributed by atoms with Crippen molar-refractivity contribution in [1.82, 2.24) is 9.97 Å². The Morgan fingerprint density at radius 1 is 1.44 bits per heavy atom. The van der Waals surface area contributed by atoms with Crippen LogP contribution in [0, 0.1) is 5.92 Å². The predicted molar refractivity (Wildman–Crippen MR) is 75.8 cm³/mol. The Morgan fingerprint density at radius 3 is 2.89 bits per heavy atom. The lowest BCUT2D eigenvalue weighted by atomic mass is 10.0. The number of fused-ring (bicyclic) bond motifs is 1. The molecule has 0 saturated heterocycles. The SMILES string of the molecule is CC(C)C[C@H](CO)Nc1nc(N)nc2sccc12. The van der Waals surface area contributed by atoms with Crippen LogP contribution in [0.5, 0.6) is 0 Å². The fraction of sp³-hybridized carbons (Fsp3) is 0.500. The molecular formula is C12H18N4OS. The molecule has 2 aromatic heterocycles. The van der Waals surface area contributed by atoms with E-state index in [0.717, 1.165) is 16.6 Å². The Morgan fingerprint density at radius 2 is 2.22 bits per heavy atom. The summed E-state index contributed by atoms with van der Waals surface area (Å²) in [7, 11) is 0. The molecule has 0 spiro atoms. The number of nitrogens with one attached hydrogen (secondary N) is 1. The summed E-state index contributed by atoms with van der Waals surface area (Å²) in [5.74, 6) is 1.47. The molecule has 0 saturated carbocycles. The highest BCUT2D eigenvalue weighted by molar-refractivity contribution is 7.16. The van der Waals surface area contributed by atoms with Crippen molar-refractivity contribution >= 4 is 33.3 Å². The number of anilines is 2. The van der Waals surface area contributed by atoms with Crippen molar-refractivity contribution in [1.29, 1.82) is 0 Å². The quantitative estimate of drug-likeness (QED) is 0.771. The number of nitrogens with zero attached hydrogens (tertiary/aromatic N) is 2. The number of aliphatic hydroxyl groups excluding tert-OH is 1. The van der Waals surface area contributed by atoms with Gasteiger partial charge in [0.1, 0.15) is 10.6 Å². The highest BCUT2D eigenvalue weighted by Gasteiger charge is 2.13. The Bertz CT molecular complexity index is 526. The summed E-state index contributed by atoms with van der Waals surface area (Å²) in [6.07, 6.45) is 0.881. The predicted octanol–water partition coefficient (Wildman–Crippen LogP) is 2.09. The molecule has 0 fully saturated rings. The molecule has 0 amide bonds. The minimum absolute atomic E-state index is 0.0117. The third kappa shape index (κ3) is 2.88. The van der Waals surface area contributed by atoms with Gasteiger partial charge in [-0.1, -0.05) is 13.8 Å². The standard InChI is InChI=1S/C12H18N4OS/c1-7(2)5-8(6-17)14-10-9-3-4-18-11(9)16-12(13)15-10/h3-4,7-8,17H,5-6H2,1-2H3,(H3,13,14,15,16)/t8-/m1/s1. The molecule has 1 atom stereocenters. The highest BCUT2D eigenvalue weighted by Crippen LogP contribution is 2.26. The first kappa shape index (κ1) is 13.0. The van der Waals surface area contributed by atoms with Gasteiger partial charge in [0.15, 0.2) is 0 Å². The van der Waals surface area contributed by atoms with Crippen LogP contribution in [0.2, 0.25) is 0 Å². The van der Waals surface area contributed by atoms with E-state index in [2.05, 4.69) is 29.1 Å². The van der Waals surface area contributed by atoms with Crippen LogP contribution in [-0.2, 0) is 0 Å². The smallest absolute Gasteiger partial charge is 0.223 e. The van der Waals surface area contributed by atoms with Gasteiger partial charge in [0.25, 0.3) is 0 Å². The molecule has 0 aliphatic rings. The number of nitrogens with two attached hydrogens (primary N) is 1. The second kappa shape index (κ2) is 5.49. The average molecular weight is 266 g/mol. The molecule has 2 heterocycles. The number of rotatable bonds is 5. The average Bonchev–Trinajstić information content (AvgIpc) is 2.75. The maximum absolute atomic E-state index is 9.39. The highest BCUT2D eigenvalue weighted by atomic mass is 32.1. The van der Waals surface area contributed by atoms with Gasteiger partial charge in [0, 0.05) is 0 Å². The van der Waals surface area contributed by atoms with Crippen molar-refractivity contribution in [2.75, 3.05) is 17.7 Å². The minimum atomic E-state index is -0.0117. The monoisotopic (exact) mass is 266 g/mol. The molecule has 6 heteroatoms. The lowest BCUT2D eigenvalue weighted by Gasteiger charge is -2.19. The van der Waals surface area contributed by atoms with E-state index in [9.17, 15) is 5.11 Å². The summed E-state index contributed by atoms with van der Waals surface area (Å²) in [5.41, 5.74) is 5.68. The van der Waals surface area contributed by atoms with Gasteiger partial charge in [-0.3, -0.25) is 0 Å². The van der Waals surface area contributed by atoms with Crippen molar-refractivity contribution < 1.29 is 5.11 Å². The normalized spacial score (nSPS) is 13.1. The first-order valence-electron chi connectivity index (χ1n) is 5.98. The molecule has 0 aliphatic carbocycles. The lowest BCUT2D eigenvalue weighted by Crippen LogP contribution is -2.26. The van der Waals surface area contributed by atoms with E-state index in [1.165, 1.54) is 11.3 Å². The number of hydrogen-bond donors (Lipinski definition) is 3. The molecule has 2 aromatic rings. The molecule has 0 unspecified atom stereocenters. The van der Waals surface area contributed by atoms with Gasteiger partial charge in [-0.15, -0.1) is 11.3 Å². The van der Waals surface area contributed by atoms with Crippen LogP contribution in [0.15, 0.2) is 11.4 Å². The Labute approximate surface area is 110 Å². The molecule has 4 N–H and O–H groups in total. The van der Waals surface area contributed by atoms with Crippen molar-refractivity contribution in [3.8, 4) is 0 Å². The van der Waals surface area contributed by atoms with E-state index in [-0.39, 0.29) is 18.6 Å². The Balaban J connectivity index is 2.26. The minimum Gasteiger partial charge on any atom is -0.394 e. The van der Waals surface area contributed by atoms with Gasteiger partial charge in [-0.2, -0.15) is 4.98 Å². The lowest BCUT2D eigenvalue weighted by molar-refractivity contribution is 0.259. The first-order valence-corrected chi connectivity index (χ1v) is 6.86. The van der Waals surface area contributed by atoms with Crippen LogP contribution in [0.1, 0.15) is 20.3 Å². The van der Waals surface area contributed by atoms with E-state index in [0.29, 0.717) is 11.7 Å². The first-order chi connectivity index (χ1) is 8.60. The number of aliphatic hydroxyl groups is 1. The van der Waals surface area contributed by atoms with Crippen LogP contribution in [0.3, 0.4) is 0 Å². The molecule has 98 valence electrons. The summed E-state index contributed by atoms with van der Waals surface area (Å²) < 4.78 is 0. The Hall–Kier alpha value is -1.40. The molecule has 0 radical (unpaired) electrons. The van der Waals surface area contributed by atoms with Gasteiger partial charge in [-0.25, -0.2) is 4.98 Å². The maximum Gasteiger partial charge on any atom is 0.223 e. The zero-order valence-electron chi connectivity index (χ0n) is 10.6. The Kier molecular flexibility index (Phi) is 3.98. The van der Waals surface area contributed by atoms with Crippen molar-refractivity contribution in [3.05, 3.63) is 11.4 Å². The van der Waals surface area contributed by atoms with E-state index in [1.54, 1.807) is 0 Å². The maximum atomic E-state index is 9.39. The fourth-order valence-electron chi connectivity index (χ4n) is 1.92. The fourth-order valence-corrected chi connectivity index (χ4v) is 2.69. The summed E-state index contributed by atoms with van der Waals surface area (Å²) in [5, 5.41) is 15.6. The van der Waals surface area contributed by atoms with Crippen LogP contribution in [0.4, 0.5) is 11.8 Å². The van der Waals surface area contributed by atoms with E-state index in [4.69, 9.17) is 5.73 Å². The third-order valence-corrected chi connectivity index (χ3v) is 3.47. The molecule has 0 aromatic carbocycles. The summed E-state index contributed by atoms with van der Waals surface area (Å²) in [6.45, 7) is 4.32. The van der Waals surface area contributed by atoms with Gasteiger partial charge in [0.2, 0.25) is 5.95 Å². The van der Waals surface area contributed by atoms with E-state index >= 15 is 0 Å². The molecule has 18 heavy (non-hydrogen) atoms. The molecule has 0 aliphatic heterocycles. The molecular weight excluding hydrogens is 248 g/mol.